The van der Waals surface area contributed by atoms with Gasteiger partial charge in [0.1, 0.15) is 13.1 Å². The summed E-state index contributed by atoms with van der Waals surface area (Å²) in [6, 6.07) is 6.59. The minimum atomic E-state index is -1.56. The molecule has 1 aromatic heterocycles. The number of amides is 1. The van der Waals surface area contributed by atoms with Crippen LogP contribution in [0.3, 0.4) is 0 Å². The molecule has 158 valence electrons. The van der Waals surface area contributed by atoms with Crippen molar-refractivity contribution < 1.29 is 14.3 Å². The Balaban J connectivity index is 1.97. The predicted octanol–water partition coefficient (Wildman–Crippen LogP) is 5.53. The van der Waals surface area contributed by atoms with Gasteiger partial charge in [0.05, 0.1) is 18.2 Å². The van der Waals surface area contributed by atoms with E-state index in [9.17, 15) is 9.59 Å². The number of carbonyl (C=O) groups is 2. The maximum atomic E-state index is 13.0. The van der Waals surface area contributed by atoms with Gasteiger partial charge in [-0.1, -0.05) is 45.5 Å². The van der Waals surface area contributed by atoms with Crippen LogP contribution in [0, 0.1) is 16.9 Å². The molecule has 0 bridgehead atoms. The second-order valence-corrected chi connectivity index (χ2v) is 15.4. The van der Waals surface area contributed by atoms with Gasteiger partial charge >= 0.3 is 5.97 Å². The molecular weight excluding hydrogens is 410 g/mol. The maximum Gasteiger partial charge on any atom is 0.337 e. The minimum absolute atomic E-state index is 0.241. The predicted molar refractivity (Wildman–Crippen MR) is 126 cm³/mol. The van der Waals surface area contributed by atoms with Crippen molar-refractivity contribution >= 4 is 36.3 Å². The maximum absolute atomic E-state index is 13.0. The molecule has 0 spiro atoms. The summed E-state index contributed by atoms with van der Waals surface area (Å²) in [6.45, 7) is 11.2. The third kappa shape index (κ3) is 5.21. The highest BCUT2D eigenvalue weighted by Gasteiger charge is 2.30. The standard InChI is InChI=1S/C24H29NO3SSi/c1-24(2)12-10-18-19(11-13-30(4,5)6)22(29-20(18)15-24)25-21(26)16-8-7-9-17(14-16)23(27)28-3/h7-9,14H,10,12,15H2,1-6H3,(H,25,26). The van der Waals surface area contributed by atoms with Crippen LogP contribution in [0.4, 0.5) is 5.00 Å². The molecule has 1 N–H and O–H groups in total. The number of hydrogen-bond donors (Lipinski definition) is 1. The summed E-state index contributed by atoms with van der Waals surface area (Å²) in [4.78, 5) is 26.1. The van der Waals surface area contributed by atoms with Crippen LogP contribution in [0.15, 0.2) is 24.3 Å². The molecule has 0 fully saturated rings. The van der Waals surface area contributed by atoms with E-state index in [-0.39, 0.29) is 11.3 Å². The SMILES string of the molecule is COC(=O)c1cccc(C(=O)Nc2sc3c(c2C#C[Si](C)(C)C)CCC(C)(C)C3)c1. The lowest BCUT2D eigenvalue weighted by atomic mass is 9.77. The zero-order valence-electron chi connectivity index (χ0n) is 18.6. The normalized spacial score (nSPS) is 14.9. The Kier molecular flexibility index (Phi) is 6.26. The summed E-state index contributed by atoms with van der Waals surface area (Å²) in [5.74, 6) is 2.72. The largest absolute Gasteiger partial charge is 0.465 e. The first kappa shape index (κ1) is 22.3. The molecule has 1 amide bonds. The molecular formula is C24H29NO3SSi. The molecule has 4 nitrogen and oxygen atoms in total. The van der Waals surface area contributed by atoms with Gasteiger partial charge in [-0.15, -0.1) is 16.9 Å². The van der Waals surface area contributed by atoms with Gasteiger partial charge in [0.15, 0.2) is 0 Å². The number of rotatable bonds is 3. The Morgan fingerprint density at radius 2 is 1.90 bits per heavy atom. The van der Waals surface area contributed by atoms with E-state index in [2.05, 4.69) is 50.3 Å². The van der Waals surface area contributed by atoms with Crippen LogP contribution in [-0.2, 0) is 17.6 Å². The van der Waals surface area contributed by atoms with Gasteiger partial charge in [0.25, 0.3) is 5.91 Å². The van der Waals surface area contributed by atoms with Crippen molar-refractivity contribution in [3.63, 3.8) is 0 Å². The first-order valence-electron chi connectivity index (χ1n) is 10.2. The van der Waals surface area contributed by atoms with E-state index in [0.717, 1.165) is 29.8 Å². The van der Waals surface area contributed by atoms with Crippen molar-refractivity contribution in [3.05, 3.63) is 51.4 Å². The third-order valence-electron chi connectivity index (χ3n) is 5.12. The first-order chi connectivity index (χ1) is 14.0. The van der Waals surface area contributed by atoms with Gasteiger partial charge in [-0.3, -0.25) is 4.79 Å². The van der Waals surface area contributed by atoms with E-state index < -0.39 is 14.0 Å². The molecule has 1 heterocycles. The molecule has 0 aliphatic heterocycles. The first-order valence-corrected chi connectivity index (χ1v) is 14.5. The van der Waals surface area contributed by atoms with Crippen molar-refractivity contribution in [3.8, 4) is 11.5 Å². The third-order valence-corrected chi connectivity index (χ3v) is 7.14. The number of benzene rings is 1. The number of fused-ring (bicyclic) bond motifs is 1. The van der Waals surface area contributed by atoms with Gasteiger partial charge in [-0.2, -0.15) is 0 Å². The van der Waals surface area contributed by atoms with Crippen molar-refractivity contribution in [2.75, 3.05) is 12.4 Å². The molecule has 30 heavy (non-hydrogen) atoms. The Hall–Kier alpha value is -2.36. The van der Waals surface area contributed by atoms with Crippen LogP contribution in [0.25, 0.3) is 0 Å². The van der Waals surface area contributed by atoms with E-state index in [1.165, 1.54) is 17.6 Å². The molecule has 6 heteroatoms. The smallest absolute Gasteiger partial charge is 0.337 e. The molecule has 1 aliphatic carbocycles. The fourth-order valence-corrected chi connectivity index (χ4v) is 5.41. The van der Waals surface area contributed by atoms with Gasteiger partial charge < -0.3 is 10.1 Å². The lowest BCUT2D eigenvalue weighted by Gasteiger charge is -2.29. The molecule has 0 saturated heterocycles. The molecule has 0 radical (unpaired) electrons. The number of esters is 1. The van der Waals surface area contributed by atoms with Crippen LogP contribution >= 0.6 is 11.3 Å². The fourth-order valence-electron chi connectivity index (χ4n) is 3.46. The lowest BCUT2D eigenvalue weighted by Crippen LogP contribution is -2.21. The Bertz CT molecular complexity index is 1050. The zero-order chi connectivity index (χ0) is 22.1. The van der Waals surface area contributed by atoms with Gasteiger partial charge in [-0.25, -0.2) is 4.79 Å². The molecule has 3 rings (SSSR count). The van der Waals surface area contributed by atoms with Crippen LogP contribution < -0.4 is 5.32 Å². The van der Waals surface area contributed by atoms with Crippen LogP contribution in [0.1, 0.15) is 57.0 Å². The molecule has 0 saturated carbocycles. The van der Waals surface area contributed by atoms with Gasteiger partial charge in [0.2, 0.25) is 0 Å². The van der Waals surface area contributed by atoms with Crippen LogP contribution in [0.5, 0.6) is 0 Å². The second kappa shape index (κ2) is 8.41. The minimum Gasteiger partial charge on any atom is -0.465 e. The highest BCUT2D eigenvalue weighted by molar-refractivity contribution is 7.16. The Morgan fingerprint density at radius 3 is 2.57 bits per heavy atom. The number of thiophene rings is 1. The zero-order valence-corrected chi connectivity index (χ0v) is 20.4. The molecule has 2 aromatic rings. The van der Waals surface area contributed by atoms with E-state index in [1.54, 1.807) is 35.6 Å². The fraction of sp³-hybridized carbons (Fsp3) is 0.417. The summed E-state index contributed by atoms with van der Waals surface area (Å²) in [5.41, 5.74) is 6.78. The summed E-state index contributed by atoms with van der Waals surface area (Å²) in [6.07, 6.45) is 3.11. The Morgan fingerprint density at radius 1 is 1.20 bits per heavy atom. The second-order valence-electron chi connectivity index (χ2n) is 9.58. The average molecular weight is 440 g/mol. The van der Waals surface area contributed by atoms with Crippen molar-refractivity contribution in [2.45, 2.75) is 52.8 Å². The lowest BCUT2D eigenvalue weighted by molar-refractivity contribution is 0.0600. The number of carbonyl (C=O) groups excluding carboxylic acids is 2. The van der Waals surface area contributed by atoms with Crippen molar-refractivity contribution in [2.24, 2.45) is 5.41 Å². The van der Waals surface area contributed by atoms with Crippen molar-refractivity contribution in [1.29, 1.82) is 0 Å². The van der Waals surface area contributed by atoms with Gasteiger partial charge in [0, 0.05) is 10.4 Å². The number of nitrogens with one attached hydrogen (secondary N) is 1. The van der Waals surface area contributed by atoms with Crippen LogP contribution in [0.2, 0.25) is 19.6 Å². The number of hydrogen-bond acceptors (Lipinski definition) is 4. The molecule has 0 unspecified atom stereocenters. The summed E-state index contributed by atoms with van der Waals surface area (Å²) in [5, 5.41) is 3.89. The number of anilines is 1. The number of ether oxygens (including phenoxy) is 1. The van der Waals surface area contributed by atoms with Crippen LogP contribution in [-0.4, -0.2) is 27.1 Å². The summed E-state index contributed by atoms with van der Waals surface area (Å²) < 4.78 is 4.76. The highest BCUT2D eigenvalue weighted by atomic mass is 32.1. The van der Waals surface area contributed by atoms with Crippen molar-refractivity contribution in [1.82, 2.24) is 0 Å². The highest BCUT2D eigenvalue weighted by Crippen LogP contribution is 2.43. The molecule has 0 atom stereocenters. The van der Waals surface area contributed by atoms with E-state index in [1.807, 2.05) is 0 Å². The van der Waals surface area contributed by atoms with E-state index >= 15 is 0 Å². The number of methoxy groups -OCH3 is 1. The summed E-state index contributed by atoms with van der Waals surface area (Å²) >= 11 is 1.64. The van der Waals surface area contributed by atoms with E-state index in [0.29, 0.717) is 11.1 Å². The topological polar surface area (TPSA) is 55.4 Å². The Labute approximate surface area is 184 Å². The quantitative estimate of drug-likeness (QED) is 0.389. The average Bonchev–Trinajstić information content (AvgIpc) is 2.99. The van der Waals surface area contributed by atoms with E-state index in [4.69, 9.17) is 4.74 Å². The monoisotopic (exact) mass is 439 g/mol. The summed E-state index contributed by atoms with van der Waals surface area (Å²) in [7, 11) is -0.229. The molecule has 1 aliphatic rings. The molecule has 1 aromatic carbocycles. The van der Waals surface area contributed by atoms with Gasteiger partial charge in [-0.05, 0) is 48.4 Å².